The van der Waals surface area contributed by atoms with E-state index in [1.165, 1.54) is 11.3 Å². The first-order valence-electron chi connectivity index (χ1n) is 5.27. The Morgan fingerprint density at radius 3 is 2.88 bits per heavy atom. The topological polar surface area (TPSA) is 30.0 Å². The Morgan fingerprint density at radius 1 is 1.12 bits per heavy atom. The summed E-state index contributed by atoms with van der Waals surface area (Å²) in [5, 5.41) is 2.96. The molecule has 3 aromatic rings. The van der Waals surface area contributed by atoms with Gasteiger partial charge < -0.3 is 0 Å². The number of aromatic nitrogens is 1. The number of pyridine rings is 1. The number of carbonyl (C=O) groups is 1. The maximum atomic E-state index is 12.1. The molecule has 0 amide bonds. The van der Waals surface area contributed by atoms with Crippen LogP contribution in [0.25, 0.3) is 10.9 Å². The lowest BCUT2D eigenvalue weighted by Crippen LogP contribution is -1.98. The van der Waals surface area contributed by atoms with Gasteiger partial charge in [0, 0.05) is 17.1 Å². The van der Waals surface area contributed by atoms with Crippen LogP contribution in [0.2, 0.25) is 0 Å². The van der Waals surface area contributed by atoms with Crippen LogP contribution in [-0.2, 0) is 0 Å². The second-order valence-electron chi connectivity index (χ2n) is 3.72. The van der Waals surface area contributed by atoms with Crippen molar-refractivity contribution < 1.29 is 4.79 Å². The highest BCUT2D eigenvalue weighted by Gasteiger charge is 2.10. The largest absolute Gasteiger partial charge is 0.288 e. The van der Waals surface area contributed by atoms with Crippen molar-refractivity contribution in [2.24, 2.45) is 0 Å². The van der Waals surface area contributed by atoms with Gasteiger partial charge in [0.1, 0.15) is 0 Å². The Bertz CT molecular complexity index is 674. The highest BCUT2D eigenvalue weighted by Crippen LogP contribution is 2.18. The molecule has 0 aliphatic rings. The zero-order valence-corrected chi connectivity index (χ0v) is 9.78. The maximum absolute atomic E-state index is 12.1. The van der Waals surface area contributed by atoms with Crippen LogP contribution in [-0.4, -0.2) is 10.8 Å². The minimum Gasteiger partial charge on any atom is -0.288 e. The SMILES string of the molecule is O=C(c1ccc2cccnc2c1)c1cccs1. The molecule has 82 valence electrons. The van der Waals surface area contributed by atoms with Gasteiger partial charge in [0.25, 0.3) is 0 Å². The Kier molecular flexibility index (Phi) is 2.46. The molecule has 0 unspecified atom stereocenters. The van der Waals surface area contributed by atoms with E-state index in [-0.39, 0.29) is 5.78 Å². The number of fused-ring (bicyclic) bond motifs is 1. The zero-order valence-electron chi connectivity index (χ0n) is 8.96. The highest BCUT2D eigenvalue weighted by atomic mass is 32.1. The third-order valence-corrected chi connectivity index (χ3v) is 3.48. The fourth-order valence-corrected chi connectivity index (χ4v) is 2.44. The van der Waals surface area contributed by atoms with Crippen LogP contribution in [0, 0.1) is 0 Å². The molecule has 0 atom stereocenters. The lowest BCUT2D eigenvalue weighted by molar-refractivity contribution is 0.104. The molecule has 0 saturated heterocycles. The average Bonchev–Trinajstić information content (AvgIpc) is 2.91. The number of hydrogen-bond acceptors (Lipinski definition) is 3. The fraction of sp³-hybridized carbons (Fsp3) is 0. The maximum Gasteiger partial charge on any atom is 0.203 e. The normalized spacial score (nSPS) is 10.6. The molecule has 0 saturated carbocycles. The van der Waals surface area contributed by atoms with Gasteiger partial charge in [0.15, 0.2) is 0 Å². The standard InChI is InChI=1S/C14H9NOS/c16-14(13-4-2-8-17-13)11-6-5-10-3-1-7-15-12(10)9-11/h1-9H. The monoisotopic (exact) mass is 239 g/mol. The van der Waals surface area contributed by atoms with E-state index in [9.17, 15) is 4.79 Å². The van der Waals surface area contributed by atoms with Crippen LogP contribution in [0.1, 0.15) is 15.2 Å². The molecule has 0 radical (unpaired) electrons. The highest BCUT2D eigenvalue weighted by molar-refractivity contribution is 7.12. The Balaban J connectivity index is 2.09. The summed E-state index contributed by atoms with van der Waals surface area (Å²) in [6.45, 7) is 0. The van der Waals surface area contributed by atoms with E-state index in [0.717, 1.165) is 15.8 Å². The van der Waals surface area contributed by atoms with Crippen molar-refractivity contribution >= 4 is 28.0 Å². The van der Waals surface area contributed by atoms with Crippen LogP contribution in [0.3, 0.4) is 0 Å². The molecule has 0 bridgehead atoms. The predicted octanol–water partition coefficient (Wildman–Crippen LogP) is 3.53. The first-order chi connectivity index (χ1) is 8.34. The lowest BCUT2D eigenvalue weighted by atomic mass is 10.1. The van der Waals surface area contributed by atoms with Gasteiger partial charge in [0.05, 0.1) is 10.4 Å². The van der Waals surface area contributed by atoms with Gasteiger partial charge in [-0.15, -0.1) is 11.3 Å². The summed E-state index contributed by atoms with van der Waals surface area (Å²) in [7, 11) is 0. The number of rotatable bonds is 2. The van der Waals surface area contributed by atoms with E-state index in [1.54, 1.807) is 6.20 Å². The van der Waals surface area contributed by atoms with Crippen molar-refractivity contribution in [2.45, 2.75) is 0 Å². The van der Waals surface area contributed by atoms with E-state index in [1.807, 2.05) is 47.8 Å². The molecule has 2 nitrogen and oxygen atoms in total. The Morgan fingerprint density at radius 2 is 2.06 bits per heavy atom. The molecule has 3 rings (SSSR count). The first kappa shape index (κ1) is 10.2. The number of hydrogen-bond donors (Lipinski definition) is 0. The van der Waals surface area contributed by atoms with Crippen LogP contribution >= 0.6 is 11.3 Å². The molecule has 0 aliphatic heterocycles. The number of thiophene rings is 1. The van der Waals surface area contributed by atoms with E-state index < -0.39 is 0 Å². The van der Waals surface area contributed by atoms with E-state index >= 15 is 0 Å². The molecule has 0 N–H and O–H groups in total. The molecule has 17 heavy (non-hydrogen) atoms. The minimum absolute atomic E-state index is 0.0625. The fourth-order valence-electron chi connectivity index (χ4n) is 1.76. The van der Waals surface area contributed by atoms with Crippen molar-refractivity contribution in [1.82, 2.24) is 4.98 Å². The molecular weight excluding hydrogens is 230 g/mol. The van der Waals surface area contributed by atoms with Crippen LogP contribution in [0.5, 0.6) is 0 Å². The van der Waals surface area contributed by atoms with Crippen LogP contribution < -0.4 is 0 Å². The number of carbonyl (C=O) groups excluding carboxylic acids is 1. The summed E-state index contributed by atoms with van der Waals surface area (Å²) in [5.41, 5.74) is 1.55. The molecule has 2 aromatic heterocycles. The molecule has 1 aromatic carbocycles. The second kappa shape index (κ2) is 4.11. The molecule has 2 heterocycles. The lowest BCUT2D eigenvalue weighted by Gasteiger charge is -2.00. The quantitative estimate of drug-likeness (QED) is 0.640. The van der Waals surface area contributed by atoms with Gasteiger partial charge in [-0.2, -0.15) is 0 Å². The van der Waals surface area contributed by atoms with E-state index in [4.69, 9.17) is 0 Å². The third-order valence-electron chi connectivity index (χ3n) is 2.61. The van der Waals surface area contributed by atoms with Crippen LogP contribution in [0.4, 0.5) is 0 Å². The summed E-state index contributed by atoms with van der Waals surface area (Å²) < 4.78 is 0. The zero-order chi connectivity index (χ0) is 11.7. The smallest absolute Gasteiger partial charge is 0.203 e. The van der Waals surface area contributed by atoms with Gasteiger partial charge in [0.2, 0.25) is 5.78 Å². The Hall–Kier alpha value is -2.00. The van der Waals surface area contributed by atoms with Crippen molar-refractivity contribution in [1.29, 1.82) is 0 Å². The molecule has 0 fully saturated rings. The van der Waals surface area contributed by atoms with Gasteiger partial charge in [-0.1, -0.05) is 24.3 Å². The van der Waals surface area contributed by atoms with Gasteiger partial charge in [-0.25, -0.2) is 0 Å². The minimum atomic E-state index is 0.0625. The molecule has 3 heteroatoms. The summed E-state index contributed by atoms with van der Waals surface area (Å²) in [6, 6.07) is 13.2. The molecule has 0 spiro atoms. The first-order valence-corrected chi connectivity index (χ1v) is 6.15. The van der Waals surface area contributed by atoms with Crippen molar-refractivity contribution in [3.05, 3.63) is 64.5 Å². The number of benzene rings is 1. The van der Waals surface area contributed by atoms with Crippen molar-refractivity contribution in [3.8, 4) is 0 Å². The predicted molar refractivity (Wildman–Crippen MR) is 69.5 cm³/mol. The van der Waals surface area contributed by atoms with Crippen molar-refractivity contribution in [2.75, 3.05) is 0 Å². The van der Waals surface area contributed by atoms with Crippen LogP contribution in [0.15, 0.2) is 54.0 Å². The molecule has 0 aliphatic carbocycles. The second-order valence-corrected chi connectivity index (χ2v) is 4.67. The van der Waals surface area contributed by atoms with Gasteiger partial charge in [-0.3, -0.25) is 9.78 Å². The van der Waals surface area contributed by atoms with Gasteiger partial charge in [-0.05, 0) is 23.6 Å². The summed E-state index contributed by atoms with van der Waals surface area (Å²) in [4.78, 5) is 17.2. The third kappa shape index (κ3) is 1.85. The number of nitrogens with zero attached hydrogens (tertiary/aromatic N) is 1. The molecular formula is C14H9NOS. The summed E-state index contributed by atoms with van der Waals surface area (Å²) in [5.74, 6) is 0.0625. The van der Waals surface area contributed by atoms with E-state index in [2.05, 4.69) is 4.98 Å². The average molecular weight is 239 g/mol. The summed E-state index contributed by atoms with van der Waals surface area (Å²) in [6.07, 6.45) is 1.74. The number of ketones is 1. The Labute approximate surface area is 103 Å². The van der Waals surface area contributed by atoms with Crippen molar-refractivity contribution in [3.63, 3.8) is 0 Å². The van der Waals surface area contributed by atoms with E-state index in [0.29, 0.717) is 5.56 Å². The summed E-state index contributed by atoms with van der Waals surface area (Å²) >= 11 is 1.46. The van der Waals surface area contributed by atoms with Gasteiger partial charge >= 0.3 is 0 Å².